The van der Waals surface area contributed by atoms with Gasteiger partial charge in [0.1, 0.15) is 23.4 Å². The predicted octanol–water partition coefficient (Wildman–Crippen LogP) is 6.31. The van der Waals surface area contributed by atoms with E-state index >= 15 is 0 Å². The van der Waals surface area contributed by atoms with Crippen LogP contribution in [0.1, 0.15) is 36.3 Å². The molecule has 186 valence electrons. The van der Waals surface area contributed by atoms with Gasteiger partial charge in [0, 0.05) is 54.0 Å². The number of rotatable bonds is 5. The highest BCUT2D eigenvalue weighted by atomic mass is 35.5. The predicted molar refractivity (Wildman–Crippen MR) is 142 cm³/mol. The van der Waals surface area contributed by atoms with Gasteiger partial charge in [-0.2, -0.15) is 5.10 Å². The summed E-state index contributed by atoms with van der Waals surface area (Å²) in [5.41, 5.74) is 5.63. The summed E-state index contributed by atoms with van der Waals surface area (Å²) in [7, 11) is 0. The molecule has 0 bridgehead atoms. The molecule has 1 aromatic carbocycles. The fourth-order valence-electron chi connectivity index (χ4n) is 5.34. The molecule has 0 saturated carbocycles. The summed E-state index contributed by atoms with van der Waals surface area (Å²) in [6.07, 6.45) is 4.30. The van der Waals surface area contributed by atoms with Crippen molar-refractivity contribution in [1.29, 1.82) is 0 Å². The second-order valence-electron chi connectivity index (χ2n) is 9.98. The van der Waals surface area contributed by atoms with Gasteiger partial charge in [-0.15, -0.1) is 0 Å². The number of ether oxygens (including phenoxy) is 2. The summed E-state index contributed by atoms with van der Waals surface area (Å²) >= 11 is 12.9. The molecular weight excluding hydrogens is 497 g/mol. The van der Waals surface area contributed by atoms with Crippen molar-refractivity contribution in [2.24, 2.45) is 5.41 Å². The second kappa shape index (κ2) is 8.91. The van der Waals surface area contributed by atoms with Gasteiger partial charge < -0.3 is 14.4 Å². The Kier molecular flexibility index (Phi) is 5.82. The lowest BCUT2D eigenvalue weighted by molar-refractivity contribution is 0.131. The first kappa shape index (κ1) is 23.5. The van der Waals surface area contributed by atoms with Gasteiger partial charge in [0.25, 0.3) is 0 Å². The molecule has 0 amide bonds. The molecule has 4 aromatic rings. The van der Waals surface area contributed by atoms with Crippen LogP contribution in [0.2, 0.25) is 10.0 Å². The minimum atomic E-state index is -0.354. The maximum absolute atomic E-state index is 6.48. The van der Waals surface area contributed by atoms with E-state index in [1.165, 1.54) is 0 Å². The molecule has 2 aliphatic heterocycles. The Morgan fingerprint density at radius 1 is 1.14 bits per heavy atom. The van der Waals surface area contributed by atoms with Crippen molar-refractivity contribution in [2.75, 3.05) is 31.2 Å². The topological polar surface area (TPSA) is 76.2 Å². The number of H-pyrrole nitrogens is 1. The minimum absolute atomic E-state index is 0.322. The Morgan fingerprint density at radius 2 is 1.97 bits per heavy atom. The SMILES string of the molecule is Cc1cc(-c2n[nH]c3ccc(O[C@H](C)c4c(Cl)cnc(C)c4Cl)cc23)cnc1N1CC2(CCOC2)C1. The van der Waals surface area contributed by atoms with Crippen LogP contribution in [0.25, 0.3) is 22.2 Å². The Labute approximate surface area is 219 Å². The van der Waals surface area contributed by atoms with Crippen molar-refractivity contribution in [2.45, 2.75) is 33.3 Å². The maximum atomic E-state index is 6.48. The van der Waals surface area contributed by atoms with E-state index in [9.17, 15) is 0 Å². The number of nitrogens with one attached hydrogen (secondary N) is 1. The molecule has 1 spiro atoms. The first-order valence-corrected chi connectivity index (χ1v) is 12.8. The van der Waals surface area contributed by atoms with Crippen molar-refractivity contribution < 1.29 is 9.47 Å². The van der Waals surface area contributed by atoms with Gasteiger partial charge in [-0.05, 0) is 57.0 Å². The number of pyridine rings is 2. The van der Waals surface area contributed by atoms with Crippen LogP contribution in [0.3, 0.4) is 0 Å². The average Bonchev–Trinajstić information content (AvgIpc) is 3.48. The lowest BCUT2D eigenvalue weighted by Crippen LogP contribution is -2.57. The van der Waals surface area contributed by atoms with Crippen molar-refractivity contribution in [3.8, 4) is 17.0 Å². The number of nitrogens with zero attached hydrogens (tertiary/aromatic N) is 4. The number of fused-ring (bicyclic) bond motifs is 1. The smallest absolute Gasteiger partial charge is 0.131 e. The highest BCUT2D eigenvalue weighted by Gasteiger charge is 2.46. The fraction of sp³-hybridized carbons (Fsp3) is 0.370. The quantitative estimate of drug-likeness (QED) is 0.330. The van der Waals surface area contributed by atoms with E-state index in [0.29, 0.717) is 21.2 Å². The van der Waals surface area contributed by atoms with Crippen LogP contribution in [0.5, 0.6) is 5.75 Å². The molecule has 1 N–H and O–H groups in total. The molecule has 36 heavy (non-hydrogen) atoms. The van der Waals surface area contributed by atoms with E-state index in [1.807, 2.05) is 38.2 Å². The second-order valence-corrected chi connectivity index (χ2v) is 10.8. The zero-order valence-corrected chi connectivity index (χ0v) is 22.0. The lowest BCUT2D eigenvalue weighted by atomic mass is 9.79. The van der Waals surface area contributed by atoms with Crippen LogP contribution in [-0.2, 0) is 4.74 Å². The van der Waals surface area contributed by atoms with Crippen molar-refractivity contribution in [1.82, 2.24) is 20.2 Å². The van der Waals surface area contributed by atoms with Gasteiger partial charge in [0.2, 0.25) is 0 Å². The van der Waals surface area contributed by atoms with Crippen LogP contribution >= 0.6 is 23.2 Å². The largest absolute Gasteiger partial charge is 0.486 e. The van der Waals surface area contributed by atoms with Crippen LogP contribution in [0, 0.1) is 19.3 Å². The number of halogens is 2. The summed E-state index contributed by atoms with van der Waals surface area (Å²) in [6.45, 7) is 9.64. The molecule has 2 saturated heterocycles. The molecule has 2 aliphatic rings. The van der Waals surface area contributed by atoms with Gasteiger partial charge in [0.05, 0.1) is 27.9 Å². The van der Waals surface area contributed by atoms with Crippen LogP contribution in [-0.4, -0.2) is 46.5 Å². The molecule has 7 nitrogen and oxygen atoms in total. The molecule has 0 unspecified atom stereocenters. The first-order valence-electron chi connectivity index (χ1n) is 12.1. The Bertz CT molecular complexity index is 1460. The third-order valence-electron chi connectivity index (χ3n) is 7.30. The minimum Gasteiger partial charge on any atom is -0.486 e. The molecule has 1 atom stereocenters. The third-order valence-corrected chi connectivity index (χ3v) is 8.08. The molecule has 3 aromatic heterocycles. The van der Waals surface area contributed by atoms with Crippen molar-refractivity contribution in [3.05, 3.63) is 63.5 Å². The van der Waals surface area contributed by atoms with Crippen LogP contribution in [0.15, 0.2) is 36.7 Å². The molecule has 0 aliphatic carbocycles. The van der Waals surface area contributed by atoms with Crippen molar-refractivity contribution >= 4 is 39.9 Å². The third kappa shape index (κ3) is 3.99. The average molecular weight is 524 g/mol. The number of hydrogen-bond acceptors (Lipinski definition) is 6. The van der Waals surface area contributed by atoms with E-state index in [0.717, 1.165) is 77.5 Å². The summed E-state index contributed by atoms with van der Waals surface area (Å²) < 4.78 is 11.9. The zero-order valence-electron chi connectivity index (χ0n) is 20.4. The number of hydrogen-bond donors (Lipinski definition) is 1. The van der Waals surface area contributed by atoms with Crippen molar-refractivity contribution in [3.63, 3.8) is 0 Å². The number of benzene rings is 1. The lowest BCUT2D eigenvalue weighted by Gasteiger charge is -2.48. The highest BCUT2D eigenvalue weighted by Crippen LogP contribution is 2.42. The van der Waals surface area contributed by atoms with E-state index in [-0.39, 0.29) is 6.10 Å². The molecule has 2 fully saturated rings. The van der Waals surface area contributed by atoms with Gasteiger partial charge in [-0.3, -0.25) is 10.1 Å². The number of aryl methyl sites for hydroxylation is 2. The fourth-order valence-corrected chi connectivity index (χ4v) is 5.99. The van der Waals surface area contributed by atoms with Gasteiger partial charge in [-0.1, -0.05) is 23.2 Å². The van der Waals surface area contributed by atoms with Gasteiger partial charge in [-0.25, -0.2) is 4.98 Å². The van der Waals surface area contributed by atoms with E-state index in [1.54, 1.807) is 6.20 Å². The maximum Gasteiger partial charge on any atom is 0.131 e. The summed E-state index contributed by atoms with van der Waals surface area (Å²) in [5, 5.41) is 9.69. The normalized spacial score (nSPS) is 17.5. The molecular formula is C27H27Cl2N5O2. The zero-order chi connectivity index (χ0) is 25.0. The number of aromatic amines is 1. The van der Waals surface area contributed by atoms with Gasteiger partial charge >= 0.3 is 0 Å². The summed E-state index contributed by atoms with van der Waals surface area (Å²) in [5.74, 6) is 1.74. The van der Waals surface area contributed by atoms with E-state index in [2.05, 4.69) is 33.1 Å². The molecule has 9 heteroatoms. The van der Waals surface area contributed by atoms with Crippen LogP contribution < -0.4 is 9.64 Å². The monoisotopic (exact) mass is 523 g/mol. The molecule has 0 radical (unpaired) electrons. The highest BCUT2D eigenvalue weighted by molar-refractivity contribution is 6.36. The van der Waals surface area contributed by atoms with Crippen LogP contribution in [0.4, 0.5) is 5.82 Å². The Hall–Kier alpha value is -2.87. The van der Waals surface area contributed by atoms with Gasteiger partial charge in [0.15, 0.2) is 0 Å². The first-order chi connectivity index (χ1) is 17.3. The summed E-state index contributed by atoms with van der Waals surface area (Å²) in [4.78, 5) is 11.4. The Balaban J connectivity index is 1.26. The van der Waals surface area contributed by atoms with E-state index in [4.69, 9.17) is 37.7 Å². The summed E-state index contributed by atoms with van der Waals surface area (Å²) in [6, 6.07) is 8.02. The van der Waals surface area contributed by atoms with E-state index < -0.39 is 0 Å². The standard InChI is InChI=1S/C27H27Cl2N5O2/c1-15-8-18(10-31-26(15)34-12-27(13-34)6-7-35-14-27)25-20-9-19(4-5-22(20)32-33-25)36-17(3)23-21(28)11-30-16(2)24(23)29/h4-5,8-11,17H,6-7,12-14H2,1-3H3,(H,32,33)/t17-/m1/s1. The number of anilines is 1. The number of aromatic nitrogens is 4. The molecule has 6 rings (SSSR count). The Morgan fingerprint density at radius 3 is 2.72 bits per heavy atom. The molecule has 5 heterocycles.